The van der Waals surface area contributed by atoms with Gasteiger partial charge in [-0.2, -0.15) is 0 Å². The van der Waals surface area contributed by atoms with Gasteiger partial charge in [-0.1, -0.05) is 0 Å². The Hall–Kier alpha value is -0.320. The Morgan fingerprint density at radius 1 is 1.46 bits per heavy atom. The van der Waals surface area contributed by atoms with E-state index in [2.05, 4.69) is 4.99 Å². The number of hydrogen-bond donors (Lipinski definition) is 2. The number of aliphatic hydroxyl groups excluding tert-OH is 2. The van der Waals surface area contributed by atoms with Gasteiger partial charge in [-0.25, -0.2) is 0 Å². The molecular weight excluding hydrogens is 186 g/mol. The third-order valence-corrected chi connectivity index (χ3v) is 2.97. The van der Waals surface area contributed by atoms with Gasteiger partial charge in [0, 0.05) is 24.1 Å². The molecule has 2 N–H and O–H groups in total. The molecule has 1 heterocycles. The summed E-state index contributed by atoms with van der Waals surface area (Å²) >= 11 is 1.61. The van der Waals surface area contributed by atoms with Crippen molar-refractivity contribution in [3.05, 3.63) is 10.6 Å². The zero-order chi connectivity index (χ0) is 9.90. The first-order valence-corrected chi connectivity index (χ1v) is 5.08. The Labute approximate surface area is 82.6 Å². The normalized spacial score (nSPS) is 20.9. The molecule has 0 atom stereocenters. The van der Waals surface area contributed by atoms with E-state index in [4.69, 9.17) is 10.2 Å². The summed E-state index contributed by atoms with van der Waals surface area (Å²) in [6.45, 7) is 4.19. The van der Waals surface area contributed by atoms with E-state index in [9.17, 15) is 0 Å². The molecule has 0 aromatic rings. The van der Waals surface area contributed by atoms with E-state index in [0.717, 1.165) is 10.6 Å². The number of thioether (sulfide) groups is 1. The van der Waals surface area contributed by atoms with Gasteiger partial charge in [0.15, 0.2) is 0 Å². The van der Waals surface area contributed by atoms with Crippen molar-refractivity contribution >= 4 is 18.0 Å². The lowest BCUT2D eigenvalue weighted by atomic mass is 10.2. The maximum Gasteiger partial charge on any atom is 0.0759 e. The van der Waals surface area contributed by atoms with E-state index in [1.165, 1.54) is 0 Å². The summed E-state index contributed by atoms with van der Waals surface area (Å²) in [7, 11) is 0. The van der Waals surface area contributed by atoms with E-state index in [1.54, 1.807) is 11.8 Å². The van der Waals surface area contributed by atoms with E-state index < -0.39 is 0 Å². The molecule has 74 valence electrons. The molecule has 0 amide bonds. The number of rotatable bonds is 3. The van der Waals surface area contributed by atoms with Crippen molar-refractivity contribution in [1.82, 2.24) is 0 Å². The first-order valence-electron chi connectivity index (χ1n) is 4.27. The number of aliphatic imine (C=N–C) groups is 1. The molecule has 0 saturated carbocycles. The molecule has 0 saturated heterocycles. The summed E-state index contributed by atoms with van der Waals surface area (Å²) in [6, 6.07) is 0. The standard InChI is InChI=1S/C9H15NO2S/c1-9(2)6-10-7(3-4-11)8(5-12)13-9/h6,11-12H,3-5H2,1-2H3. The van der Waals surface area contributed by atoms with E-state index in [0.29, 0.717) is 6.42 Å². The van der Waals surface area contributed by atoms with Crippen LogP contribution in [0.3, 0.4) is 0 Å². The first kappa shape index (κ1) is 10.8. The lowest BCUT2D eigenvalue weighted by Crippen LogP contribution is -2.21. The van der Waals surface area contributed by atoms with Crippen molar-refractivity contribution in [2.45, 2.75) is 25.0 Å². The van der Waals surface area contributed by atoms with E-state index in [1.807, 2.05) is 20.1 Å². The Kier molecular flexibility index (Phi) is 3.53. The van der Waals surface area contributed by atoms with Gasteiger partial charge in [-0.3, -0.25) is 4.99 Å². The van der Waals surface area contributed by atoms with Crippen LogP contribution in [0.1, 0.15) is 20.3 Å². The molecule has 4 heteroatoms. The highest BCUT2D eigenvalue weighted by Crippen LogP contribution is 2.36. The van der Waals surface area contributed by atoms with Crippen molar-refractivity contribution in [2.75, 3.05) is 13.2 Å². The Morgan fingerprint density at radius 3 is 2.69 bits per heavy atom. The third-order valence-electron chi connectivity index (χ3n) is 1.73. The van der Waals surface area contributed by atoms with Crippen LogP contribution in [0.4, 0.5) is 0 Å². The highest BCUT2D eigenvalue weighted by molar-refractivity contribution is 8.05. The second kappa shape index (κ2) is 4.26. The monoisotopic (exact) mass is 201 g/mol. The predicted octanol–water partition coefficient (Wildman–Crippen LogP) is 1.17. The van der Waals surface area contributed by atoms with Crippen molar-refractivity contribution in [3.63, 3.8) is 0 Å². The average molecular weight is 201 g/mol. The highest BCUT2D eigenvalue weighted by Gasteiger charge is 2.23. The van der Waals surface area contributed by atoms with Crippen LogP contribution in [-0.2, 0) is 0 Å². The van der Waals surface area contributed by atoms with Gasteiger partial charge in [-0.15, -0.1) is 11.8 Å². The molecule has 1 rings (SSSR count). The predicted molar refractivity (Wildman–Crippen MR) is 56.0 cm³/mol. The van der Waals surface area contributed by atoms with Gasteiger partial charge < -0.3 is 10.2 Å². The maximum atomic E-state index is 9.09. The molecule has 0 unspecified atom stereocenters. The van der Waals surface area contributed by atoms with Gasteiger partial charge >= 0.3 is 0 Å². The molecule has 1 aliphatic rings. The van der Waals surface area contributed by atoms with Crippen LogP contribution in [-0.4, -0.2) is 34.4 Å². The molecule has 13 heavy (non-hydrogen) atoms. The molecule has 3 nitrogen and oxygen atoms in total. The molecule has 0 radical (unpaired) electrons. The fraction of sp³-hybridized carbons (Fsp3) is 0.667. The lowest BCUT2D eigenvalue weighted by Gasteiger charge is -2.25. The molecule has 0 aromatic carbocycles. The molecule has 0 fully saturated rings. The van der Waals surface area contributed by atoms with Gasteiger partial charge in [-0.05, 0) is 13.8 Å². The summed E-state index contributed by atoms with van der Waals surface area (Å²) < 4.78 is -0.0446. The van der Waals surface area contributed by atoms with Crippen molar-refractivity contribution in [1.29, 1.82) is 0 Å². The number of nitrogens with zero attached hydrogens (tertiary/aromatic N) is 1. The quantitative estimate of drug-likeness (QED) is 0.720. The molecule has 1 aliphatic heterocycles. The number of aliphatic hydroxyl groups is 2. The summed E-state index contributed by atoms with van der Waals surface area (Å²) in [5, 5.41) is 17.8. The summed E-state index contributed by atoms with van der Waals surface area (Å²) in [5.41, 5.74) is 0.814. The van der Waals surface area contributed by atoms with Crippen LogP contribution in [0, 0.1) is 0 Å². The van der Waals surface area contributed by atoms with Gasteiger partial charge in [0.25, 0.3) is 0 Å². The average Bonchev–Trinajstić information content (AvgIpc) is 2.08. The second-order valence-corrected chi connectivity index (χ2v) is 5.21. The van der Waals surface area contributed by atoms with Crippen LogP contribution in [0.25, 0.3) is 0 Å². The SMILES string of the molecule is CC1(C)C=NC(CCO)=C(CO)S1. The topological polar surface area (TPSA) is 52.8 Å². The molecule has 0 spiro atoms. The summed E-state index contributed by atoms with van der Waals surface area (Å²) in [6.07, 6.45) is 2.39. The fourth-order valence-corrected chi connectivity index (χ4v) is 2.22. The van der Waals surface area contributed by atoms with E-state index in [-0.39, 0.29) is 18.0 Å². The van der Waals surface area contributed by atoms with Gasteiger partial charge in [0.2, 0.25) is 0 Å². The first-order chi connectivity index (χ1) is 6.09. The highest BCUT2D eigenvalue weighted by atomic mass is 32.2. The Bertz CT molecular complexity index is 246. The van der Waals surface area contributed by atoms with Crippen molar-refractivity contribution in [2.24, 2.45) is 4.99 Å². The zero-order valence-corrected chi connectivity index (χ0v) is 8.77. The smallest absolute Gasteiger partial charge is 0.0759 e. The van der Waals surface area contributed by atoms with Crippen molar-refractivity contribution < 1.29 is 10.2 Å². The Morgan fingerprint density at radius 2 is 2.15 bits per heavy atom. The minimum Gasteiger partial charge on any atom is -0.396 e. The molecule has 0 aliphatic carbocycles. The van der Waals surface area contributed by atoms with Crippen LogP contribution >= 0.6 is 11.8 Å². The number of hydrogen-bond acceptors (Lipinski definition) is 4. The largest absolute Gasteiger partial charge is 0.396 e. The molecular formula is C9H15NO2S. The molecule has 0 aromatic heterocycles. The third kappa shape index (κ3) is 2.83. The van der Waals surface area contributed by atoms with Crippen LogP contribution in [0.5, 0.6) is 0 Å². The summed E-state index contributed by atoms with van der Waals surface area (Å²) in [4.78, 5) is 5.11. The minimum atomic E-state index is -0.0446. The zero-order valence-electron chi connectivity index (χ0n) is 7.95. The van der Waals surface area contributed by atoms with Crippen LogP contribution in [0.2, 0.25) is 0 Å². The minimum absolute atomic E-state index is 0.0147. The van der Waals surface area contributed by atoms with Crippen LogP contribution < -0.4 is 0 Å². The van der Waals surface area contributed by atoms with Gasteiger partial charge in [0.1, 0.15) is 0 Å². The second-order valence-electron chi connectivity index (χ2n) is 3.47. The van der Waals surface area contributed by atoms with E-state index >= 15 is 0 Å². The fourth-order valence-electron chi connectivity index (χ4n) is 1.14. The lowest BCUT2D eigenvalue weighted by molar-refractivity contribution is 0.296. The Balaban J connectivity index is 2.80. The maximum absolute atomic E-state index is 9.09. The van der Waals surface area contributed by atoms with Gasteiger partial charge in [0.05, 0.1) is 17.1 Å². The van der Waals surface area contributed by atoms with Crippen LogP contribution in [0.15, 0.2) is 15.6 Å². The van der Waals surface area contributed by atoms with Crippen molar-refractivity contribution in [3.8, 4) is 0 Å². The molecule has 0 bridgehead atoms. The summed E-state index contributed by atoms with van der Waals surface area (Å²) in [5.74, 6) is 0.